The van der Waals surface area contributed by atoms with Crippen LogP contribution < -0.4 is 13.4 Å². The highest BCUT2D eigenvalue weighted by molar-refractivity contribution is 6.71. The van der Waals surface area contributed by atoms with Crippen molar-refractivity contribution in [2.45, 2.75) is 45.8 Å². The Morgan fingerprint density at radius 1 is 0.783 bits per heavy atom. The van der Waals surface area contributed by atoms with Gasteiger partial charge in [-0.25, -0.2) is 0 Å². The Labute approximate surface area is 142 Å². The summed E-state index contributed by atoms with van der Waals surface area (Å²) in [7, 11) is -3.44. The van der Waals surface area contributed by atoms with Crippen molar-refractivity contribution in [3.8, 4) is 11.6 Å². The first-order chi connectivity index (χ1) is 10.6. The fourth-order valence-electron chi connectivity index (χ4n) is 2.23. The fraction of sp³-hybridized carbons (Fsp3) is 0.389. The number of benzene rings is 1. The summed E-state index contributed by atoms with van der Waals surface area (Å²) in [5.74, 6) is 1.72. The molecule has 5 heteroatoms. The van der Waals surface area contributed by atoms with Crippen LogP contribution >= 0.6 is 0 Å². The smallest absolute Gasteiger partial charge is 0.396 e. The summed E-state index contributed by atoms with van der Waals surface area (Å²) in [4.78, 5) is 0. The van der Waals surface area contributed by atoms with Gasteiger partial charge >= 0.3 is 5.88 Å². The Kier molecular flexibility index (Phi) is 5.31. The largest absolute Gasteiger partial charge is 0.537 e. The molecule has 1 aromatic heterocycles. The molecule has 0 saturated heterocycles. The molecule has 3 nitrogen and oxygen atoms in total. The standard InChI is InChI=1S/C18H28NO2Si2/c1-22(2,3)20-17-13-10-14-19(18(17)21-23(4,5)6)15-16-11-8-7-9-12-16/h7-14H,15H2,1-6H3/q+1. The number of pyridine rings is 1. The van der Waals surface area contributed by atoms with Gasteiger partial charge in [0.25, 0.3) is 0 Å². The maximum atomic E-state index is 6.38. The van der Waals surface area contributed by atoms with Gasteiger partial charge < -0.3 is 8.85 Å². The molecular formula is C18H28NO2Si2+. The Morgan fingerprint density at radius 3 is 1.96 bits per heavy atom. The molecule has 124 valence electrons. The van der Waals surface area contributed by atoms with Crippen molar-refractivity contribution in [2.75, 3.05) is 0 Å². The van der Waals surface area contributed by atoms with E-state index in [-0.39, 0.29) is 0 Å². The van der Waals surface area contributed by atoms with Crippen LogP contribution in [0.5, 0.6) is 11.6 Å². The van der Waals surface area contributed by atoms with Crippen LogP contribution in [-0.4, -0.2) is 16.6 Å². The quantitative estimate of drug-likeness (QED) is 0.569. The number of rotatable bonds is 6. The molecule has 23 heavy (non-hydrogen) atoms. The van der Waals surface area contributed by atoms with Crippen molar-refractivity contribution in [2.24, 2.45) is 0 Å². The Morgan fingerprint density at radius 2 is 1.39 bits per heavy atom. The van der Waals surface area contributed by atoms with Crippen molar-refractivity contribution >= 4 is 16.6 Å². The average molecular weight is 347 g/mol. The molecule has 0 fully saturated rings. The molecule has 0 spiro atoms. The maximum Gasteiger partial charge on any atom is 0.396 e. The summed E-state index contributed by atoms with van der Waals surface area (Å²) >= 11 is 0. The second-order valence-electron chi connectivity index (χ2n) is 7.72. The average Bonchev–Trinajstić information content (AvgIpc) is 2.41. The molecule has 0 saturated carbocycles. The molecule has 0 bridgehead atoms. The van der Waals surface area contributed by atoms with Gasteiger partial charge in [0, 0.05) is 11.6 Å². The van der Waals surface area contributed by atoms with E-state index in [1.54, 1.807) is 0 Å². The van der Waals surface area contributed by atoms with E-state index in [1.165, 1.54) is 5.56 Å². The fourth-order valence-corrected chi connectivity index (χ4v) is 3.84. The molecule has 0 N–H and O–H groups in total. The highest BCUT2D eigenvalue weighted by atomic mass is 28.4. The molecule has 1 heterocycles. The number of hydrogen-bond donors (Lipinski definition) is 0. The van der Waals surface area contributed by atoms with Gasteiger partial charge in [-0.3, -0.25) is 0 Å². The third-order valence-corrected chi connectivity index (χ3v) is 4.64. The highest BCUT2D eigenvalue weighted by Gasteiger charge is 2.29. The molecule has 0 aliphatic carbocycles. The monoisotopic (exact) mass is 346 g/mol. The normalized spacial score (nSPS) is 12.1. The summed E-state index contributed by atoms with van der Waals surface area (Å²) in [5.41, 5.74) is 1.25. The zero-order valence-corrected chi connectivity index (χ0v) is 17.1. The first-order valence-electron chi connectivity index (χ1n) is 8.08. The van der Waals surface area contributed by atoms with E-state index in [0.29, 0.717) is 0 Å². The molecule has 1 aromatic carbocycles. The van der Waals surface area contributed by atoms with Crippen LogP contribution in [-0.2, 0) is 6.54 Å². The van der Waals surface area contributed by atoms with Crippen molar-refractivity contribution < 1.29 is 13.4 Å². The van der Waals surface area contributed by atoms with Crippen LogP contribution in [0, 0.1) is 0 Å². The van der Waals surface area contributed by atoms with Gasteiger partial charge in [0.15, 0.2) is 12.7 Å². The first kappa shape index (κ1) is 17.8. The van der Waals surface area contributed by atoms with Crippen LogP contribution in [0.3, 0.4) is 0 Å². The SMILES string of the molecule is C[Si](C)(C)Oc1ccc[n+](Cc2ccccc2)c1O[Si](C)(C)C. The second kappa shape index (κ2) is 6.88. The summed E-state index contributed by atoms with van der Waals surface area (Å²) in [6.07, 6.45) is 2.07. The first-order valence-corrected chi connectivity index (χ1v) is 14.9. The molecule has 0 aliphatic heterocycles. The lowest BCUT2D eigenvalue weighted by atomic mass is 10.2. The Balaban J connectivity index is 2.42. The zero-order chi connectivity index (χ0) is 17.1. The summed E-state index contributed by atoms with van der Waals surface area (Å²) in [6, 6.07) is 14.5. The van der Waals surface area contributed by atoms with Crippen molar-refractivity contribution in [1.29, 1.82) is 0 Å². The molecule has 0 unspecified atom stereocenters. The molecular weight excluding hydrogens is 318 g/mol. The Bertz CT molecular complexity index is 646. The van der Waals surface area contributed by atoms with Crippen molar-refractivity contribution in [1.82, 2.24) is 0 Å². The molecule has 0 amide bonds. The van der Waals surface area contributed by atoms with E-state index in [9.17, 15) is 0 Å². The lowest BCUT2D eigenvalue weighted by molar-refractivity contribution is -0.691. The van der Waals surface area contributed by atoms with Crippen molar-refractivity contribution in [3.05, 3.63) is 54.2 Å². The van der Waals surface area contributed by atoms with E-state index >= 15 is 0 Å². The minimum absolute atomic E-state index is 0.781. The van der Waals surface area contributed by atoms with Crippen LogP contribution in [0.25, 0.3) is 0 Å². The van der Waals surface area contributed by atoms with E-state index in [4.69, 9.17) is 8.85 Å². The van der Waals surface area contributed by atoms with Gasteiger partial charge in [0.1, 0.15) is 0 Å². The third-order valence-electron chi connectivity index (χ3n) is 3.00. The van der Waals surface area contributed by atoms with Gasteiger partial charge in [-0.15, -0.1) is 0 Å². The van der Waals surface area contributed by atoms with Crippen molar-refractivity contribution in [3.63, 3.8) is 0 Å². The highest BCUT2D eigenvalue weighted by Crippen LogP contribution is 2.28. The van der Waals surface area contributed by atoms with Crippen LogP contribution in [0.1, 0.15) is 5.56 Å². The van der Waals surface area contributed by atoms with Crippen LogP contribution in [0.4, 0.5) is 0 Å². The van der Waals surface area contributed by atoms with Gasteiger partial charge in [0.05, 0.1) is 0 Å². The number of nitrogens with zero attached hydrogens (tertiary/aromatic N) is 1. The van der Waals surface area contributed by atoms with Gasteiger partial charge in [-0.2, -0.15) is 4.57 Å². The topological polar surface area (TPSA) is 22.3 Å². The van der Waals surface area contributed by atoms with Crippen LogP contribution in [0.15, 0.2) is 48.7 Å². The zero-order valence-electron chi connectivity index (χ0n) is 15.1. The van der Waals surface area contributed by atoms with E-state index in [2.05, 4.69) is 74.3 Å². The van der Waals surface area contributed by atoms with Crippen LogP contribution in [0.2, 0.25) is 39.3 Å². The third kappa shape index (κ3) is 5.84. The predicted molar refractivity (Wildman–Crippen MR) is 100 cm³/mol. The second-order valence-corrected chi connectivity index (χ2v) is 16.6. The summed E-state index contributed by atoms with van der Waals surface area (Å²) in [5, 5.41) is 0. The minimum Gasteiger partial charge on any atom is -0.537 e. The summed E-state index contributed by atoms with van der Waals surface area (Å²) < 4.78 is 14.8. The minimum atomic E-state index is -1.74. The lowest BCUT2D eigenvalue weighted by Gasteiger charge is -2.23. The van der Waals surface area contributed by atoms with E-state index in [0.717, 1.165) is 18.2 Å². The van der Waals surface area contributed by atoms with Gasteiger partial charge in [-0.1, -0.05) is 30.3 Å². The van der Waals surface area contributed by atoms with Gasteiger partial charge in [0.2, 0.25) is 22.4 Å². The Hall–Kier alpha value is -1.60. The lowest BCUT2D eigenvalue weighted by Crippen LogP contribution is -2.42. The number of aromatic nitrogens is 1. The molecule has 0 aliphatic rings. The molecule has 2 aromatic rings. The molecule has 0 radical (unpaired) electrons. The maximum absolute atomic E-state index is 6.38. The van der Waals surface area contributed by atoms with E-state index in [1.807, 2.05) is 18.2 Å². The molecule has 2 rings (SSSR count). The van der Waals surface area contributed by atoms with E-state index < -0.39 is 16.6 Å². The predicted octanol–water partition coefficient (Wildman–Crippen LogP) is 4.45. The summed E-state index contributed by atoms with van der Waals surface area (Å²) in [6.45, 7) is 14.0. The molecule has 0 atom stereocenters. The van der Waals surface area contributed by atoms with Gasteiger partial charge in [-0.05, 0) is 45.3 Å². The number of hydrogen-bond acceptors (Lipinski definition) is 2.